The van der Waals surface area contributed by atoms with E-state index in [1.54, 1.807) is 6.92 Å². The van der Waals surface area contributed by atoms with Crippen molar-refractivity contribution in [3.63, 3.8) is 0 Å². The standard InChI is InChI=1S/C12H15N3O5S/c1-3-19-10(17)11-20-9(6-21-11)15-5-4-8(13-7(2)16)14-12(15)18/h4-5,9,11H,3,6H2,1-2H3,(H,13,14,16,18)/t9-,11+/m1/s1. The molecule has 1 aliphatic heterocycles. The molecule has 8 nitrogen and oxygen atoms in total. The normalized spacial score (nSPS) is 21.0. The van der Waals surface area contributed by atoms with Crippen molar-refractivity contribution in [3.05, 3.63) is 22.7 Å². The summed E-state index contributed by atoms with van der Waals surface area (Å²) in [6.45, 7) is 3.31. The van der Waals surface area contributed by atoms with Crippen LogP contribution in [0.3, 0.4) is 0 Å². The van der Waals surface area contributed by atoms with Crippen molar-refractivity contribution in [2.24, 2.45) is 0 Å². The summed E-state index contributed by atoms with van der Waals surface area (Å²) < 4.78 is 11.6. The van der Waals surface area contributed by atoms with Crippen molar-refractivity contribution in [2.75, 3.05) is 17.7 Å². The first-order valence-corrected chi connectivity index (χ1v) is 7.36. The zero-order valence-electron chi connectivity index (χ0n) is 11.6. The van der Waals surface area contributed by atoms with Gasteiger partial charge in [-0.25, -0.2) is 9.59 Å². The molecular formula is C12H15N3O5S. The van der Waals surface area contributed by atoms with Crippen LogP contribution in [0.5, 0.6) is 0 Å². The minimum absolute atomic E-state index is 0.177. The predicted molar refractivity (Wildman–Crippen MR) is 75.8 cm³/mol. The van der Waals surface area contributed by atoms with Gasteiger partial charge in [-0.1, -0.05) is 0 Å². The molecule has 2 rings (SSSR count). The fourth-order valence-corrected chi connectivity index (χ4v) is 2.74. The Bertz CT molecular complexity index is 603. The highest BCUT2D eigenvalue weighted by Crippen LogP contribution is 2.31. The van der Waals surface area contributed by atoms with Gasteiger partial charge in [0.1, 0.15) is 12.0 Å². The van der Waals surface area contributed by atoms with Crippen molar-refractivity contribution >= 4 is 29.5 Å². The van der Waals surface area contributed by atoms with E-state index in [4.69, 9.17) is 9.47 Å². The molecule has 114 valence electrons. The Morgan fingerprint density at radius 3 is 3.00 bits per heavy atom. The number of carbonyl (C=O) groups excluding carboxylic acids is 2. The lowest BCUT2D eigenvalue weighted by atomic mass is 10.5. The van der Waals surface area contributed by atoms with E-state index in [1.807, 2.05) is 0 Å². The highest BCUT2D eigenvalue weighted by atomic mass is 32.2. The smallest absolute Gasteiger partial charge is 0.351 e. The number of ether oxygens (including phenoxy) is 2. The average Bonchev–Trinajstić information content (AvgIpc) is 2.88. The molecule has 2 heterocycles. The van der Waals surface area contributed by atoms with E-state index in [1.165, 1.54) is 35.5 Å². The quantitative estimate of drug-likeness (QED) is 0.801. The third kappa shape index (κ3) is 3.82. The lowest BCUT2D eigenvalue weighted by molar-refractivity contribution is -0.153. The molecule has 21 heavy (non-hydrogen) atoms. The lowest BCUT2D eigenvalue weighted by Crippen LogP contribution is -2.30. The number of nitrogens with one attached hydrogen (secondary N) is 1. The van der Waals surface area contributed by atoms with E-state index in [9.17, 15) is 14.4 Å². The third-order valence-corrected chi connectivity index (χ3v) is 3.68. The van der Waals surface area contributed by atoms with Gasteiger partial charge in [-0.15, -0.1) is 11.8 Å². The summed E-state index contributed by atoms with van der Waals surface area (Å²) in [6, 6.07) is 1.49. The lowest BCUT2D eigenvalue weighted by Gasteiger charge is -2.14. The van der Waals surface area contributed by atoms with Gasteiger partial charge in [0.2, 0.25) is 11.3 Å². The molecule has 9 heteroatoms. The number of hydrogen-bond donors (Lipinski definition) is 1. The maximum atomic E-state index is 11.9. The van der Waals surface area contributed by atoms with Gasteiger partial charge in [0, 0.05) is 18.9 Å². The fourth-order valence-electron chi connectivity index (χ4n) is 1.75. The zero-order chi connectivity index (χ0) is 15.4. The van der Waals surface area contributed by atoms with Crippen LogP contribution in [-0.2, 0) is 19.1 Å². The van der Waals surface area contributed by atoms with Gasteiger partial charge in [0.05, 0.1) is 6.61 Å². The molecule has 2 atom stereocenters. The van der Waals surface area contributed by atoms with E-state index >= 15 is 0 Å². The second-order valence-corrected chi connectivity index (χ2v) is 5.29. The molecule has 1 saturated heterocycles. The first kappa shape index (κ1) is 15.5. The van der Waals surface area contributed by atoms with Crippen LogP contribution in [0.15, 0.2) is 17.1 Å². The minimum atomic E-state index is -0.739. The maximum absolute atomic E-state index is 11.9. The zero-order valence-corrected chi connectivity index (χ0v) is 12.4. The van der Waals surface area contributed by atoms with Crippen LogP contribution in [0.4, 0.5) is 5.82 Å². The van der Waals surface area contributed by atoms with E-state index < -0.39 is 23.3 Å². The molecule has 1 N–H and O–H groups in total. The summed E-state index contributed by atoms with van der Waals surface area (Å²) in [5.74, 6) is -0.156. The molecule has 1 fully saturated rings. The van der Waals surface area contributed by atoms with Crippen LogP contribution in [0.25, 0.3) is 0 Å². The second-order valence-electron chi connectivity index (χ2n) is 4.19. The fraction of sp³-hybridized carbons (Fsp3) is 0.500. The number of esters is 1. The summed E-state index contributed by atoms with van der Waals surface area (Å²) >= 11 is 1.26. The Hall–Kier alpha value is -1.87. The molecule has 1 amide bonds. The number of anilines is 1. The Balaban J connectivity index is 2.08. The Morgan fingerprint density at radius 1 is 1.62 bits per heavy atom. The van der Waals surface area contributed by atoms with Crippen LogP contribution >= 0.6 is 11.8 Å². The largest absolute Gasteiger partial charge is 0.463 e. The summed E-state index contributed by atoms with van der Waals surface area (Å²) in [7, 11) is 0. The minimum Gasteiger partial charge on any atom is -0.463 e. The predicted octanol–water partition coefficient (Wildman–Crippen LogP) is 0.353. The Labute approximate surface area is 124 Å². The molecule has 0 aromatic carbocycles. The van der Waals surface area contributed by atoms with E-state index in [0.717, 1.165) is 0 Å². The maximum Gasteiger partial charge on any atom is 0.351 e. The number of rotatable bonds is 4. The number of carbonyl (C=O) groups is 2. The second kappa shape index (κ2) is 6.72. The van der Waals surface area contributed by atoms with Crippen molar-refractivity contribution in [2.45, 2.75) is 25.5 Å². The molecule has 1 aromatic rings. The van der Waals surface area contributed by atoms with Crippen molar-refractivity contribution in [1.82, 2.24) is 9.55 Å². The SMILES string of the molecule is CCOC(=O)[C@H]1O[C@@H](n2ccc(NC(C)=O)nc2=O)CS1. The van der Waals surface area contributed by atoms with E-state index in [2.05, 4.69) is 10.3 Å². The molecule has 0 saturated carbocycles. The molecule has 0 bridgehead atoms. The molecule has 0 aliphatic carbocycles. The topological polar surface area (TPSA) is 99.5 Å². The first-order chi connectivity index (χ1) is 10.0. The highest BCUT2D eigenvalue weighted by Gasteiger charge is 2.34. The van der Waals surface area contributed by atoms with Gasteiger partial charge in [-0.3, -0.25) is 9.36 Å². The monoisotopic (exact) mass is 313 g/mol. The average molecular weight is 313 g/mol. The van der Waals surface area contributed by atoms with E-state index in [0.29, 0.717) is 5.75 Å². The summed E-state index contributed by atoms with van der Waals surface area (Å²) in [4.78, 5) is 38.1. The summed E-state index contributed by atoms with van der Waals surface area (Å²) in [6.07, 6.45) is 0.884. The number of amides is 1. The molecule has 1 aliphatic rings. The highest BCUT2D eigenvalue weighted by molar-refractivity contribution is 8.00. The van der Waals surface area contributed by atoms with Crippen LogP contribution in [0.1, 0.15) is 20.1 Å². The van der Waals surface area contributed by atoms with Crippen molar-refractivity contribution < 1.29 is 19.1 Å². The molecule has 0 radical (unpaired) electrons. The van der Waals surface area contributed by atoms with Crippen molar-refractivity contribution in [3.8, 4) is 0 Å². The van der Waals surface area contributed by atoms with Crippen LogP contribution in [0.2, 0.25) is 0 Å². The van der Waals surface area contributed by atoms with Gasteiger partial charge < -0.3 is 14.8 Å². The van der Waals surface area contributed by atoms with E-state index in [-0.39, 0.29) is 18.3 Å². The number of hydrogen-bond acceptors (Lipinski definition) is 7. The Kier molecular flexibility index (Phi) is 4.97. The summed E-state index contributed by atoms with van der Waals surface area (Å²) in [5.41, 5.74) is -1.30. The first-order valence-electron chi connectivity index (χ1n) is 6.31. The van der Waals surface area contributed by atoms with Crippen molar-refractivity contribution in [1.29, 1.82) is 0 Å². The molecule has 0 spiro atoms. The van der Waals surface area contributed by atoms with Gasteiger partial charge in [0.25, 0.3) is 0 Å². The van der Waals surface area contributed by atoms with Crippen LogP contribution < -0.4 is 11.0 Å². The summed E-state index contributed by atoms with van der Waals surface area (Å²) in [5, 5.41) is 2.42. The van der Waals surface area contributed by atoms with Gasteiger partial charge in [0.15, 0.2) is 0 Å². The molecule has 1 aromatic heterocycles. The number of aromatic nitrogens is 2. The van der Waals surface area contributed by atoms with Gasteiger partial charge >= 0.3 is 11.7 Å². The van der Waals surface area contributed by atoms with Gasteiger partial charge in [-0.2, -0.15) is 4.98 Å². The Morgan fingerprint density at radius 2 is 2.38 bits per heavy atom. The molecular weight excluding hydrogens is 298 g/mol. The third-order valence-electron chi connectivity index (χ3n) is 2.59. The number of thioether (sulfide) groups is 1. The van der Waals surface area contributed by atoms with Crippen LogP contribution in [0, 0.1) is 0 Å². The van der Waals surface area contributed by atoms with Gasteiger partial charge in [-0.05, 0) is 13.0 Å². The molecule has 0 unspecified atom stereocenters. The van der Waals surface area contributed by atoms with Crippen LogP contribution in [-0.4, -0.2) is 39.2 Å². The number of nitrogens with zero attached hydrogens (tertiary/aromatic N) is 2.